The van der Waals surface area contributed by atoms with Gasteiger partial charge in [-0.25, -0.2) is 9.18 Å². The molecule has 114 valence electrons. The second-order valence-corrected chi connectivity index (χ2v) is 4.77. The Morgan fingerprint density at radius 3 is 2.48 bits per heavy atom. The molecule has 1 atom stereocenters. The Kier molecular flexibility index (Phi) is 6.24. The Bertz CT molecular complexity index is 522. The van der Waals surface area contributed by atoms with Crippen molar-refractivity contribution in [2.24, 2.45) is 0 Å². The Hall–Kier alpha value is -2.01. The Labute approximate surface area is 123 Å². The van der Waals surface area contributed by atoms with E-state index in [1.165, 1.54) is 36.4 Å². The highest BCUT2D eigenvalue weighted by molar-refractivity contribution is 5.91. The molecule has 21 heavy (non-hydrogen) atoms. The number of carbonyl (C=O) groups is 2. The summed E-state index contributed by atoms with van der Waals surface area (Å²) in [6.45, 7) is 1.84. The van der Waals surface area contributed by atoms with Crippen molar-refractivity contribution in [1.82, 2.24) is 0 Å². The summed E-state index contributed by atoms with van der Waals surface area (Å²) in [5.41, 5.74) is -1.41. The molecule has 0 saturated heterocycles. The number of benzene rings is 1. The fraction of sp³-hybridized carbons (Fsp3) is 0.375. The number of methoxy groups -OCH3 is 1. The minimum atomic E-state index is -2.00. The summed E-state index contributed by atoms with van der Waals surface area (Å²) in [6, 6.07) is 5.52. The predicted molar refractivity (Wildman–Crippen MR) is 76.9 cm³/mol. The third-order valence-electron chi connectivity index (χ3n) is 2.96. The fourth-order valence-corrected chi connectivity index (χ4v) is 1.85. The average Bonchev–Trinajstić information content (AvgIpc) is 2.46. The minimum absolute atomic E-state index is 0.228. The fourth-order valence-electron chi connectivity index (χ4n) is 1.85. The lowest BCUT2D eigenvalue weighted by Gasteiger charge is -2.20. The molecule has 0 bridgehead atoms. The molecule has 4 nitrogen and oxygen atoms in total. The summed E-state index contributed by atoms with van der Waals surface area (Å²) >= 11 is 0. The van der Waals surface area contributed by atoms with Crippen LogP contribution in [0.25, 0.3) is 6.08 Å². The van der Waals surface area contributed by atoms with Gasteiger partial charge in [-0.15, -0.1) is 0 Å². The molecule has 1 rings (SSSR count). The first kappa shape index (κ1) is 17.0. The average molecular weight is 294 g/mol. The van der Waals surface area contributed by atoms with E-state index in [1.807, 2.05) is 6.92 Å². The molecule has 0 spiro atoms. The predicted octanol–water partition coefficient (Wildman–Crippen LogP) is 2.50. The van der Waals surface area contributed by atoms with E-state index in [4.69, 9.17) is 0 Å². The standard InChI is InChI=1S/C16H19FO4/c1-3-4-14(18)11-16(20,15(19)21-2)10-9-12-5-7-13(17)8-6-12/h5-10,20H,3-4,11H2,1-2H3/b10-9+/t16-/m1/s1. The van der Waals surface area contributed by atoms with Crippen molar-refractivity contribution < 1.29 is 23.8 Å². The van der Waals surface area contributed by atoms with Crippen molar-refractivity contribution in [3.8, 4) is 0 Å². The quantitative estimate of drug-likeness (QED) is 0.785. The van der Waals surface area contributed by atoms with E-state index < -0.39 is 11.6 Å². The lowest BCUT2D eigenvalue weighted by atomic mass is 9.94. The van der Waals surface area contributed by atoms with Crippen molar-refractivity contribution in [2.75, 3.05) is 7.11 Å². The van der Waals surface area contributed by atoms with E-state index in [9.17, 15) is 19.1 Å². The molecule has 0 unspecified atom stereocenters. The van der Waals surface area contributed by atoms with Crippen LogP contribution in [0.2, 0.25) is 0 Å². The highest BCUT2D eigenvalue weighted by atomic mass is 19.1. The Balaban J connectivity index is 2.94. The smallest absolute Gasteiger partial charge is 0.342 e. The maximum Gasteiger partial charge on any atom is 0.342 e. The number of ether oxygens (including phenoxy) is 1. The van der Waals surface area contributed by atoms with Crippen LogP contribution < -0.4 is 0 Å². The number of hydrogen-bond donors (Lipinski definition) is 1. The van der Waals surface area contributed by atoms with Gasteiger partial charge >= 0.3 is 5.97 Å². The van der Waals surface area contributed by atoms with Gasteiger partial charge in [0.1, 0.15) is 11.6 Å². The molecular weight excluding hydrogens is 275 g/mol. The zero-order valence-electron chi connectivity index (χ0n) is 12.1. The lowest BCUT2D eigenvalue weighted by Crippen LogP contribution is -2.39. The van der Waals surface area contributed by atoms with Crippen molar-refractivity contribution in [3.05, 3.63) is 41.7 Å². The molecule has 0 radical (unpaired) electrons. The van der Waals surface area contributed by atoms with Crippen LogP contribution in [0.5, 0.6) is 0 Å². The molecule has 5 heteroatoms. The van der Waals surface area contributed by atoms with E-state index in [2.05, 4.69) is 4.74 Å². The van der Waals surface area contributed by atoms with E-state index >= 15 is 0 Å². The van der Waals surface area contributed by atoms with Gasteiger partial charge in [-0.2, -0.15) is 0 Å². The SMILES string of the molecule is CCCC(=O)C[C@](O)(/C=C/c1ccc(F)cc1)C(=O)OC. The molecule has 0 aliphatic rings. The molecule has 1 aromatic carbocycles. The number of esters is 1. The zero-order chi connectivity index (χ0) is 15.9. The third-order valence-corrected chi connectivity index (χ3v) is 2.96. The number of halogens is 1. The monoisotopic (exact) mass is 294 g/mol. The van der Waals surface area contributed by atoms with Crippen LogP contribution in [0.1, 0.15) is 31.7 Å². The van der Waals surface area contributed by atoms with Gasteiger partial charge in [0, 0.05) is 12.8 Å². The van der Waals surface area contributed by atoms with Crippen LogP contribution >= 0.6 is 0 Å². The summed E-state index contributed by atoms with van der Waals surface area (Å²) in [5, 5.41) is 10.3. The third kappa shape index (κ3) is 5.11. The van der Waals surface area contributed by atoms with Gasteiger partial charge in [-0.3, -0.25) is 4.79 Å². The molecule has 1 aromatic rings. The van der Waals surface area contributed by atoms with Gasteiger partial charge in [-0.05, 0) is 30.2 Å². The molecule has 0 aliphatic carbocycles. The van der Waals surface area contributed by atoms with Gasteiger partial charge in [-0.1, -0.05) is 25.1 Å². The summed E-state index contributed by atoms with van der Waals surface area (Å²) in [6.07, 6.45) is 3.24. The number of Topliss-reactive ketones (excluding diaryl/α,β-unsaturated/α-hetero) is 1. The van der Waals surface area contributed by atoms with Gasteiger partial charge < -0.3 is 9.84 Å². The second-order valence-electron chi connectivity index (χ2n) is 4.77. The van der Waals surface area contributed by atoms with E-state index in [1.54, 1.807) is 0 Å². The van der Waals surface area contributed by atoms with E-state index in [-0.39, 0.29) is 24.4 Å². The van der Waals surface area contributed by atoms with Gasteiger partial charge in [0.25, 0.3) is 0 Å². The van der Waals surface area contributed by atoms with E-state index in [0.29, 0.717) is 12.0 Å². The van der Waals surface area contributed by atoms with Crippen molar-refractivity contribution >= 4 is 17.8 Å². The molecule has 0 aliphatic heterocycles. The maximum atomic E-state index is 12.8. The minimum Gasteiger partial charge on any atom is -0.467 e. The molecule has 0 aromatic heterocycles. The molecular formula is C16H19FO4. The van der Waals surface area contributed by atoms with Crippen LogP contribution in [0.4, 0.5) is 4.39 Å². The number of rotatable bonds is 7. The van der Waals surface area contributed by atoms with Gasteiger partial charge in [0.05, 0.1) is 7.11 Å². The van der Waals surface area contributed by atoms with Crippen molar-refractivity contribution in [1.29, 1.82) is 0 Å². The van der Waals surface area contributed by atoms with Gasteiger partial charge in [0.15, 0.2) is 5.60 Å². The normalized spacial score (nSPS) is 13.9. The topological polar surface area (TPSA) is 63.6 Å². The maximum absolute atomic E-state index is 12.8. The summed E-state index contributed by atoms with van der Waals surface area (Å²) in [4.78, 5) is 23.4. The lowest BCUT2D eigenvalue weighted by molar-refractivity contribution is -0.159. The molecule has 0 saturated carbocycles. The van der Waals surface area contributed by atoms with Crippen LogP contribution in [0.3, 0.4) is 0 Å². The summed E-state index contributed by atoms with van der Waals surface area (Å²) in [5.74, 6) is -1.51. The largest absolute Gasteiger partial charge is 0.467 e. The number of aliphatic hydroxyl groups is 1. The zero-order valence-corrected chi connectivity index (χ0v) is 12.1. The van der Waals surface area contributed by atoms with E-state index in [0.717, 1.165) is 7.11 Å². The Morgan fingerprint density at radius 1 is 1.33 bits per heavy atom. The molecule has 0 amide bonds. The highest BCUT2D eigenvalue weighted by Gasteiger charge is 2.36. The molecule has 0 heterocycles. The van der Waals surface area contributed by atoms with Gasteiger partial charge in [0.2, 0.25) is 0 Å². The number of carbonyl (C=O) groups excluding carboxylic acids is 2. The summed E-state index contributed by atoms with van der Waals surface area (Å²) < 4.78 is 17.4. The summed E-state index contributed by atoms with van der Waals surface area (Å²) in [7, 11) is 1.14. The molecule has 1 N–H and O–H groups in total. The van der Waals surface area contributed by atoms with Crippen LogP contribution in [-0.4, -0.2) is 29.6 Å². The first-order chi connectivity index (χ1) is 9.91. The second kappa shape index (κ2) is 7.69. The molecule has 0 fully saturated rings. The van der Waals surface area contributed by atoms with Crippen LogP contribution in [0.15, 0.2) is 30.3 Å². The Morgan fingerprint density at radius 2 is 1.95 bits per heavy atom. The van der Waals surface area contributed by atoms with Crippen molar-refractivity contribution in [3.63, 3.8) is 0 Å². The highest BCUT2D eigenvalue weighted by Crippen LogP contribution is 2.19. The van der Waals surface area contributed by atoms with Crippen LogP contribution in [-0.2, 0) is 14.3 Å². The number of ketones is 1. The van der Waals surface area contributed by atoms with Crippen molar-refractivity contribution in [2.45, 2.75) is 31.8 Å². The number of hydrogen-bond acceptors (Lipinski definition) is 4. The first-order valence-electron chi connectivity index (χ1n) is 6.68. The van der Waals surface area contributed by atoms with Crippen LogP contribution in [0, 0.1) is 5.82 Å². The first-order valence-corrected chi connectivity index (χ1v) is 6.68.